The van der Waals surface area contributed by atoms with Gasteiger partial charge in [0.2, 0.25) is 0 Å². The fourth-order valence-corrected chi connectivity index (χ4v) is 2.05. The van der Waals surface area contributed by atoms with Gasteiger partial charge in [0.05, 0.1) is 0 Å². The first-order chi connectivity index (χ1) is 6.56. The van der Waals surface area contributed by atoms with Crippen LogP contribution < -0.4 is 113 Å². The summed E-state index contributed by atoms with van der Waals surface area (Å²) in [5, 5.41) is 0. The van der Waals surface area contributed by atoms with E-state index in [-0.39, 0.29) is 109 Å². The molecule has 0 amide bonds. The quantitative estimate of drug-likeness (QED) is 0.248. The van der Waals surface area contributed by atoms with Crippen LogP contribution in [0.25, 0.3) is 0 Å². The SMILES string of the molecule is CCCCCCCCCCP(=O)([O-])[O-].[K+].[K+]. The van der Waals surface area contributed by atoms with E-state index < -0.39 is 7.60 Å². The Morgan fingerprint density at radius 2 is 1.19 bits per heavy atom. The van der Waals surface area contributed by atoms with Crippen molar-refractivity contribution in [2.24, 2.45) is 0 Å². The summed E-state index contributed by atoms with van der Waals surface area (Å²) in [6.45, 7) is 2.18. The van der Waals surface area contributed by atoms with Crippen molar-refractivity contribution < 1.29 is 117 Å². The van der Waals surface area contributed by atoms with Crippen LogP contribution in [0.15, 0.2) is 0 Å². The monoisotopic (exact) mass is 298 g/mol. The van der Waals surface area contributed by atoms with Gasteiger partial charge < -0.3 is 14.4 Å². The maximum atomic E-state index is 10.3. The Hall–Kier alpha value is 3.42. The van der Waals surface area contributed by atoms with Crippen LogP contribution >= 0.6 is 7.60 Å². The summed E-state index contributed by atoms with van der Waals surface area (Å²) in [5.41, 5.74) is 0. The van der Waals surface area contributed by atoms with Gasteiger partial charge in [-0.1, -0.05) is 59.5 Å². The van der Waals surface area contributed by atoms with Gasteiger partial charge in [0.1, 0.15) is 0 Å². The van der Waals surface area contributed by atoms with Gasteiger partial charge in [-0.3, -0.25) is 0 Å². The van der Waals surface area contributed by atoms with Crippen LogP contribution in [0.1, 0.15) is 58.3 Å². The van der Waals surface area contributed by atoms with Crippen molar-refractivity contribution in [2.45, 2.75) is 58.3 Å². The molecule has 0 heterocycles. The van der Waals surface area contributed by atoms with E-state index in [9.17, 15) is 14.4 Å². The van der Waals surface area contributed by atoms with Crippen molar-refractivity contribution >= 4 is 7.60 Å². The van der Waals surface area contributed by atoms with Crippen molar-refractivity contribution in [3.05, 3.63) is 0 Å². The molecular weight excluding hydrogens is 277 g/mol. The molecule has 0 aliphatic heterocycles. The maximum Gasteiger partial charge on any atom is 1.00 e. The molecule has 16 heavy (non-hydrogen) atoms. The van der Waals surface area contributed by atoms with Crippen LogP contribution in [0.2, 0.25) is 0 Å². The Kier molecular flexibility index (Phi) is 25.2. The van der Waals surface area contributed by atoms with Crippen molar-refractivity contribution in [2.75, 3.05) is 6.16 Å². The second-order valence-corrected chi connectivity index (χ2v) is 5.48. The number of hydrogen-bond acceptors (Lipinski definition) is 3. The van der Waals surface area contributed by atoms with Gasteiger partial charge in [0, 0.05) is 0 Å². The Morgan fingerprint density at radius 1 is 0.812 bits per heavy atom. The maximum absolute atomic E-state index is 10.3. The van der Waals surface area contributed by atoms with E-state index in [4.69, 9.17) is 0 Å². The molecule has 0 aromatic heterocycles. The van der Waals surface area contributed by atoms with Gasteiger partial charge >= 0.3 is 103 Å². The Labute approximate surface area is 185 Å². The molecule has 0 bridgehead atoms. The van der Waals surface area contributed by atoms with E-state index in [0.29, 0.717) is 6.42 Å². The Morgan fingerprint density at radius 3 is 1.56 bits per heavy atom. The standard InChI is InChI=1S/C10H23O3P.2K/c1-2-3-4-5-6-7-8-9-10-14(11,12)13;;/h2-10H2,1H3,(H2,11,12,13);;/q;2*+1/p-2. The minimum atomic E-state index is -4.23. The van der Waals surface area contributed by atoms with Crippen LogP contribution in [-0.2, 0) is 4.57 Å². The van der Waals surface area contributed by atoms with Gasteiger partial charge in [0.15, 0.2) is 0 Å². The molecule has 6 heteroatoms. The normalized spacial score (nSPS) is 10.4. The summed E-state index contributed by atoms with van der Waals surface area (Å²) in [4.78, 5) is 20.6. The van der Waals surface area contributed by atoms with E-state index in [1.165, 1.54) is 32.1 Å². The Bertz CT molecular complexity index is 173. The van der Waals surface area contributed by atoms with Gasteiger partial charge in [-0.25, -0.2) is 0 Å². The summed E-state index contributed by atoms with van der Waals surface area (Å²) in [5.74, 6) is 0. The zero-order valence-electron chi connectivity index (χ0n) is 11.0. The molecule has 0 aliphatic carbocycles. The zero-order valence-corrected chi connectivity index (χ0v) is 18.2. The van der Waals surface area contributed by atoms with Gasteiger partial charge in [0.25, 0.3) is 0 Å². The molecule has 0 N–H and O–H groups in total. The van der Waals surface area contributed by atoms with Crippen LogP contribution in [0.3, 0.4) is 0 Å². The molecule has 0 radical (unpaired) electrons. The molecule has 0 aromatic rings. The van der Waals surface area contributed by atoms with E-state index in [0.717, 1.165) is 12.8 Å². The molecule has 0 aliphatic rings. The predicted molar refractivity (Wildman–Crippen MR) is 55.1 cm³/mol. The third kappa shape index (κ3) is 22.6. The molecule has 0 saturated carbocycles. The molecule has 0 aromatic carbocycles. The molecule has 0 unspecified atom stereocenters. The number of rotatable bonds is 9. The molecule has 3 nitrogen and oxygen atoms in total. The van der Waals surface area contributed by atoms with E-state index >= 15 is 0 Å². The molecule has 0 atom stereocenters. The van der Waals surface area contributed by atoms with E-state index in [1.54, 1.807) is 0 Å². The Balaban J connectivity index is -0.000000845. The van der Waals surface area contributed by atoms with Crippen molar-refractivity contribution in [1.82, 2.24) is 0 Å². The summed E-state index contributed by atoms with van der Waals surface area (Å²) >= 11 is 0. The minimum absolute atomic E-state index is 0. The molecule has 0 spiro atoms. The molecule has 0 rings (SSSR count). The molecular formula is C10H21K2O3P. The summed E-state index contributed by atoms with van der Waals surface area (Å²) in [6, 6.07) is 0. The summed E-state index contributed by atoms with van der Waals surface area (Å²) < 4.78 is 10.3. The van der Waals surface area contributed by atoms with Gasteiger partial charge in [-0.05, 0) is 12.6 Å². The second-order valence-electron chi connectivity index (χ2n) is 3.81. The van der Waals surface area contributed by atoms with Crippen LogP contribution in [0.5, 0.6) is 0 Å². The first-order valence-electron chi connectivity index (χ1n) is 5.57. The smallest absolute Gasteiger partial charge is 0.811 e. The molecule has 0 fully saturated rings. The largest absolute Gasteiger partial charge is 1.00 e. The van der Waals surface area contributed by atoms with Crippen LogP contribution in [0.4, 0.5) is 0 Å². The molecule has 86 valence electrons. The number of unbranched alkanes of at least 4 members (excludes halogenated alkanes) is 7. The first kappa shape index (κ1) is 24.4. The van der Waals surface area contributed by atoms with Crippen molar-refractivity contribution in [3.8, 4) is 0 Å². The van der Waals surface area contributed by atoms with Crippen molar-refractivity contribution in [1.29, 1.82) is 0 Å². The topological polar surface area (TPSA) is 63.2 Å². The van der Waals surface area contributed by atoms with Crippen LogP contribution in [-0.4, -0.2) is 6.16 Å². The second kappa shape index (κ2) is 16.5. The average molecular weight is 298 g/mol. The number of hydrogen-bond donors (Lipinski definition) is 0. The minimum Gasteiger partial charge on any atom is -0.811 e. The third-order valence-electron chi connectivity index (χ3n) is 2.29. The summed E-state index contributed by atoms with van der Waals surface area (Å²) in [6.07, 6.45) is 8.52. The van der Waals surface area contributed by atoms with E-state index in [2.05, 4.69) is 6.92 Å². The van der Waals surface area contributed by atoms with Gasteiger partial charge in [-0.2, -0.15) is 0 Å². The first-order valence-corrected chi connectivity index (χ1v) is 7.30. The zero-order chi connectivity index (χ0) is 10.9. The average Bonchev–Trinajstić information content (AvgIpc) is 2.08. The fourth-order valence-electron chi connectivity index (χ4n) is 1.44. The predicted octanol–water partition coefficient (Wildman–Crippen LogP) is -3.95. The molecule has 0 saturated heterocycles. The van der Waals surface area contributed by atoms with Gasteiger partial charge in [-0.15, -0.1) is 0 Å². The van der Waals surface area contributed by atoms with E-state index in [1.807, 2.05) is 0 Å². The third-order valence-corrected chi connectivity index (χ3v) is 3.15. The summed E-state index contributed by atoms with van der Waals surface area (Å²) in [7, 11) is -4.23. The van der Waals surface area contributed by atoms with Crippen molar-refractivity contribution in [3.63, 3.8) is 0 Å². The van der Waals surface area contributed by atoms with Crippen LogP contribution in [0, 0.1) is 0 Å². The fraction of sp³-hybridized carbons (Fsp3) is 1.00.